The molecule has 2 rings (SSSR count). The maximum atomic E-state index is 9.13. The molecule has 19 heavy (non-hydrogen) atoms. The molecule has 1 atom stereocenters. The Labute approximate surface area is 124 Å². The summed E-state index contributed by atoms with van der Waals surface area (Å²) >= 11 is 3.52. The molecule has 0 aromatic heterocycles. The van der Waals surface area contributed by atoms with Crippen molar-refractivity contribution < 1.29 is 5.11 Å². The third-order valence-corrected chi connectivity index (χ3v) is 4.38. The van der Waals surface area contributed by atoms with E-state index >= 15 is 0 Å². The molecular weight excluding hydrogens is 304 g/mol. The van der Waals surface area contributed by atoms with Gasteiger partial charge in [0.1, 0.15) is 0 Å². The van der Waals surface area contributed by atoms with Gasteiger partial charge in [-0.2, -0.15) is 0 Å². The van der Waals surface area contributed by atoms with Crippen molar-refractivity contribution in [1.82, 2.24) is 5.32 Å². The van der Waals surface area contributed by atoms with Gasteiger partial charge in [-0.05, 0) is 51.0 Å². The third-order valence-electron chi connectivity index (χ3n) is 3.88. The number of hydrogen-bond donors (Lipinski definition) is 2. The Morgan fingerprint density at radius 1 is 1.47 bits per heavy atom. The zero-order valence-electron chi connectivity index (χ0n) is 11.9. The second kappa shape index (κ2) is 5.81. The predicted octanol–water partition coefficient (Wildman–Crippen LogP) is 2.70. The average molecular weight is 327 g/mol. The Bertz CT molecular complexity index is 448. The normalized spacial score (nSPS) is 22.6. The van der Waals surface area contributed by atoms with E-state index in [1.54, 1.807) is 0 Å². The number of nitrogens with zero attached hydrogens (tertiary/aromatic N) is 1. The van der Waals surface area contributed by atoms with E-state index in [-0.39, 0.29) is 12.1 Å². The first-order valence-electron chi connectivity index (χ1n) is 6.82. The molecule has 4 heteroatoms. The van der Waals surface area contributed by atoms with E-state index in [0.717, 1.165) is 24.0 Å². The van der Waals surface area contributed by atoms with Gasteiger partial charge in [0.25, 0.3) is 0 Å². The summed E-state index contributed by atoms with van der Waals surface area (Å²) in [5, 5.41) is 12.7. The molecule has 0 saturated carbocycles. The number of aryl methyl sites for hydroxylation is 1. The lowest BCUT2D eigenvalue weighted by atomic mass is 9.94. The van der Waals surface area contributed by atoms with Crippen molar-refractivity contribution in [3.05, 3.63) is 28.2 Å². The SMILES string of the molecule is Cc1cc(Br)ccc1N1CC(CCO)NCC1(C)C. The average Bonchev–Trinajstić information content (AvgIpc) is 2.32. The Kier molecular flexibility index (Phi) is 4.54. The summed E-state index contributed by atoms with van der Waals surface area (Å²) in [4.78, 5) is 2.46. The zero-order chi connectivity index (χ0) is 14.0. The van der Waals surface area contributed by atoms with Crippen molar-refractivity contribution in [3.8, 4) is 0 Å². The molecule has 2 N–H and O–H groups in total. The van der Waals surface area contributed by atoms with E-state index in [1.807, 2.05) is 0 Å². The lowest BCUT2D eigenvalue weighted by molar-refractivity contribution is 0.239. The molecule has 0 aliphatic carbocycles. The van der Waals surface area contributed by atoms with Gasteiger partial charge in [-0.15, -0.1) is 0 Å². The molecule has 1 aromatic rings. The second-order valence-electron chi connectivity index (χ2n) is 5.94. The first-order chi connectivity index (χ1) is 8.94. The molecular formula is C15H23BrN2O. The van der Waals surface area contributed by atoms with Crippen LogP contribution in [-0.4, -0.2) is 36.4 Å². The van der Waals surface area contributed by atoms with E-state index in [2.05, 4.69) is 65.1 Å². The van der Waals surface area contributed by atoms with Crippen LogP contribution < -0.4 is 10.2 Å². The lowest BCUT2D eigenvalue weighted by Crippen LogP contribution is -2.62. The van der Waals surface area contributed by atoms with Crippen LogP contribution in [-0.2, 0) is 0 Å². The maximum Gasteiger partial charge on any atom is 0.0471 e. The van der Waals surface area contributed by atoms with E-state index in [4.69, 9.17) is 5.11 Å². The fourth-order valence-electron chi connectivity index (χ4n) is 2.72. The van der Waals surface area contributed by atoms with E-state index in [1.165, 1.54) is 11.3 Å². The summed E-state index contributed by atoms with van der Waals surface area (Å²) in [5.74, 6) is 0. The number of benzene rings is 1. The molecule has 1 fully saturated rings. The van der Waals surface area contributed by atoms with Gasteiger partial charge >= 0.3 is 0 Å². The third kappa shape index (κ3) is 3.30. The van der Waals surface area contributed by atoms with Crippen LogP contribution >= 0.6 is 15.9 Å². The van der Waals surface area contributed by atoms with Crippen LogP contribution in [0.4, 0.5) is 5.69 Å². The van der Waals surface area contributed by atoms with Gasteiger partial charge in [0.05, 0.1) is 0 Å². The van der Waals surface area contributed by atoms with Crippen LogP contribution in [0.25, 0.3) is 0 Å². The van der Waals surface area contributed by atoms with Gasteiger partial charge in [0, 0.05) is 41.4 Å². The summed E-state index contributed by atoms with van der Waals surface area (Å²) in [6.07, 6.45) is 0.808. The van der Waals surface area contributed by atoms with Crippen LogP contribution in [0.1, 0.15) is 25.8 Å². The molecule has 0 radical (unpaired) electrons. The van der Waals surface area contributed by atoms with Crippen molar-refractivity contribution in [2.75, 3.05) is 24.6 Å². The molecule has 1 unspecified atom stereocenters. The fraction of sp³-hybridized carbons (Fsp3) is 0.600. The predicted molar refractivity (Wildman–Crippen MR) is 83.8 cm³/mol. The maximum absolute atomic E-state index is 9.13. The van der Waals surface area contributed by atoms with Crippen molar-refractivity contribution in [2.45, 2.75) is 38.8 Å². The largest absolute Gasteiger partial charge is 0.396 e. The van der Waals surface area contributed by atoms with Crippen LogP contribution in [0.2, 0.25) is 0 Å². The summed E-state index contributed by atoms with van der Waals surface area (Å²) in [5.41, 5.74) is 2.66. The molecule has 1 saturated heterocycles. The van der Waals surface area contributed by atoms with Crippen molar-refractivity contribution in [1.29, 1.82) is 0 Å². The number of rotatable bonds is 3. The zero-order valence-corrected chi connectivity index (χ0v) is 13.5. The minimum Gasteiger partial charge on any atom is -0.396 e. The topological polar surface area (TPSA) is 35.5 Å². The molecule has 1 heterocycles. The molecule has 106 valence electrons. The van der Waals surface area contributed by atoms with Crippen molar-refractivity contribution in [3.63, 3.8) is 0 Å². The highest BCUT2D eigenvalue weighted by Crippen LogP contribution is 2.31. The van der Waals surface area contributed by atoms with Gasteiger partial charge in [-0.25, -0.2) is 0 Å². The van der Waals surface area contributed by atoms with Gasteiger partial charge in [-0.1, -0.05) is 15.9 Å². The quantitative estimate of drug-likeness (QED) is 0.896. The van der Waals surface area contributed by atoms with Crippen LogP contribution in [0.3, 0.4) is 0 Å². The summed E-state index contributed by atoms with van der Waals surface area (Å²) < 4.78 is 1.12. The molecule has 1 aliphatic rings. The highest BCUT2D eigenvalue weighted by atomic mass is 79.9. The van der Waals surface area contributed by atoms with Gasteiger partial charge < -0.3 is 15.3 Å². The monoisotopic (exact) mass is 326 g/mol. The summed E-state index contributed by atoms with van der Waals surface area (Å²) in [7, 11) is 0. The first kappa shape index (κ1) is 14.8. The van der Waals surface area contributed by atoms with Crippen LogP contribution in [0.5, 0.6) is 0 Å². The molecule has 1 aromatic carbocycles. The summed E-state index contributed by atoms with van der Waals surface area (Å²) in [6, 6.07) is 6.81. The molecule has 0 amide bonds. The Morgan fingerprint density at radius 2 is 2.21 bits per heavy atom. The number of nitrogens with one attached hydrogen (secondary N) is 1. The number of halogens is 1. The number of aliphatic hydroxyl groups excluding tert-OH is 1. The molecule has 1 aliphatic heterocycles. The summed E-state index contributed by atoms with van der Waals surface area (Å²) in [6.45, 7) is 8.79. The first-order valence-corrected chi connectivity index (χ1v) is 7.61. The van der Waals surface area contributed by atoms with Crippen LogP contribution in [0, 0.1) is 6.92 Å². The van der Waals surface area contributed by atoms with E-state index in [9.17, 15) is 0 Å². The fourth-order valence-corrected chi connectivity index (χ4v) is 3.19. The van der Waals surface area contributed by atoms with Crippen LogP contribution in [0.15, 0.2) is 22.7 Å². The Hall–Kier alpha value is -0.580. The number of aliphatic hydroxyl groups is 1. The van der Waals surface area contributed by atoms with Gasteiger partial charge in [0.15, 0.2) is 0 Å². The van der Waals surface area contributed by atoms with Crippen molar-refractivity contribution in [2.24, 2.45) is 0 Å². The van der Waals surface area contributed by atoms with Gasteiger partial charge in [-0.3, -0.25) is 0 Å². The Balaban J connectivity index is 2.27. The number of piperazine rings is 1. The minimum absolute atomic E-state index is 0.0878. The lowest BCUT2D eigenvalue weighted by Gasteiger charge is -2.48. The van der Waals surface area contributed by atoms with E-state index in [0.29, 0.717) is 6.04 Å². The highest BCUT2D eigenvalue weighted by molar-refractivity contribution is 9.10. The van der Waals surface area contributed by atoms with Crippen molar-refractivity contribution >= 4 is 21.6 Å². The van der Waals surface area contributed by atoms with Gasteiger partial charge in [0.2, 0.25) is 0 Å². The number of anilines is 1. The standard InChI is InChI=1S/C15H23BrN2O/c1-11-8-12(16)4-5-14(11)18-9-13(6-7-19)17-10-15(18,2)3/h4-5,8,13,17,19H,6-7,9-10H2,1-3H3. The van der Waals surface area contributed by atoms with E-state index < -0.39 is 0 Å². The molecule has 0 spiro atoms. The smallest absolute Gasteiger partial charge is 0.0471 e. The molecule has 0 bridgehead atoms. The Morgan fingerprint density at radius 3 is 2.84 bits per heavy atom. The number of hydrogen-bond acceptors (Lipinski definition) is 3. The highest BCUT2D eigenvalue weighted by Gasteiger charge is 2.34. The second-order valence-corrected chi connectivity index (χ2v) is 6.86. The minimum atomic E-state index is 0.0878. The molecule has 3 nitrogen and oxygen atoms in total.